The summed E-state index contributed by atoms with van der Waals surface area (Å²) in [7, 11) is 0. The van der Waals surface area contributed by atoms with Gasteiger partial charge in [0.2, 0.25) is 0 Å². The van der Waals surface area contributed by atoms with Crippen LogP contribution in [0.1, 0.15) is 71.6 Å². The maximum atomic E-state index is 12.6. The van der Waals surface area contributed by atoms with Crippen LogP contribution in [0.15, 0.2) is 5.16 Å². The predicted octanol–water partition coefficient (Wildman–Crippen LogP) is 3.28. The van der Waals surface area contributed by atoms with Crippen LogP contribution in [-0.4, -0.2) is 43.3 Å². The molecule has 0 spiro atoms. The molecule has 5 rings (SSSR count). The Labute approximate surface area is 169 Å². The first-order valence-corrected chi connectivity index (χ1v) is 11.7. The van der Waals surface area contributed by atoms with Gasteiger partial charge in [-0.15, -0.1) is 0 Å². The highest BCUT2D eigenvalue weighted by molar-refractivity contribution is 5.87. The number of Topliss-reactive ketones (excluding diaryl/α,β-unsaturated/α-hetero) is 1. The van der Waals surface area contributed by atoms with Gasteiger partial charge in [-0.3, -0.25) is 4.79 Å². The molecular weight excluding hydrogens is 350 g/mol. The maximum absolute atomic E-state index is 12.6. The highest BCUT2D eigenvalue weighted by Crippen LogP contribution is 2.61. The van der Waals surface area contributed by atoms with Crippen LogP contribution in [0.5, 0.6) is 0 Å². The molecule has 0 aromatic rings. The number of nitrogens with zero attached hydrogens (tertiary/aromatic N) is 1. The summed E-state index contributed by atoms with van der Waals surface area (Å²) in [6.45, 7) is 7.87. The van der Waals surface area contributed by atoms with Crippen molar-refractivity contribution >= 4 is 11.5 Å². The average Bonchev–Trinajstić information content (AvgIpc) is 3.27. The first-order chi connectivity index (χ1) is 13.5. The fourth-order valence-corrected chi connectivity index (χ4v) is 7.56. The van der Waals surface area contributed by atoms with Crippen LogP contribution >= 0.6 is 0 Å². The minimum atomic E-state index is -0.0260. The topological polar surface area (TPSA) is 62.7 Å². The Morgan fingerprint density at radius 3 is 2.75 bits per heavy atom. The van der Waals surface area contributed by atoms with Crippen molar-refractivity contribution in [2.45, 2.75) is 83.8 Å². The normalized spacial score (nSPS) is 50.0. The molecule has 28 heavy (non-hydrogen) atoms. The van der Waals surface area contributed by atoms with Gasteiger partial charge in [-0.1, -0.05) is 19.0 Å². The van der Waals surface area contributed by atoms with E-state index in [-0.39, 0.29) is 11.5 Å². The molecule has 0 aromatic heterocycles. The number of carbonyl (C=O) groups is 1. The fourth-order valence-electron chi connectivity index (χ4n) is 7.56. The lowest BCUT2D eigenvalue weighted by atomic mass is 9.51. The molecule has 0 bridgehead atoms. The number of hydrogen-bond donors (Lipinski definition) is 2. The van der Waals surface area contributed by atoms with E-state index in [1.54, 1.807) is 0 Å². The van der Waals surface area contributed by atoms with Gasteiger partial charge in [-0.2, -0.15) is 0 Å². The van der Waals surface area contributed by atoms with E-state index in [1.807, 2.05) is 0 Å². The van der Waals surface area contributed by atoms with Crippen LogP contribution in [0, 0.1) is 28.6 Å². The van der Waals surface area contributed by atoms with Crippen LogP contribution in [0.3, 0.4) is 0 Å². The molecule has 3 aliphatic carbocycles. The molecular formula is C23H37N3O2. The average molecular weight is 388 g/mol. The standard InChI is InChI=1S/C23H37N3O2/c1-22-9-5-15(26-28-16-7-11-24-14-16)13-20(22)25-12-8-17-18-3-4-21(27)23(18,2)10-6-19(17)22/h16-20,24-25H,3-14H2,1-2H3/b26-15-/t16-,17+,18+,19+,20?,22-,23+/m1/s1. The third-order valence-corrected chi connectivity index (χ3v) is 9.40. The Hall–Kier alpha value is -0.940. The number of nitrogens with one attached hydrogen (secondary N) is 2. The molecule has 156 valence electrons. The van der Waals surface area contributed by atoms with Gasteiger partial charge in [0.15, 0.2) is 0 Å². The van der Waals surface area contributed by atoms with Crippen molar-refractivity contribution in [3.8, 4) is 0 Å². The number of carbonyl (C=O) groups excluding carboxylic acids is 1. The van der Waals surface area contributed by atoms with Crippen molar-refractivity contribution in [3.05, 3.63) is 0 Å². The third kappa shape index (κ3) is 2.96. The predicted molar refractivity (Wildman–Crippen MR) is 110 cm³/mol. The van der Waals surface area contributed by atoms with Crippen LogP contribution in [0.4, 0.5) is 0 Å². The molecule has 0 aromatic carbocycles. The number of rotatable bonds is 2. The zero-order chi connectivity index (χ0) is 19.4. The smallest absolute Gasteiger partial charge is 0.141 e. The van der Waals surface area contributed by atoms with Crippen LogP contribution < -0.4 is 10.6 Å². The van der Waals surface area contributed by atoms with E-state index in [1.165, 1.54) is 25.0 Å². The van der Waals surface area contributed by atoms with E-state index < -0.39 is 0 Å². The Morgan fingerprint density at radius 2 is 1.93 bits per heavy atom. The highest BCUT2D eigenvalue weighted by atomic mass is 16.6. The van der Waals surface area contributed by atoms with E-state index in [0.29, 0.717) is 29.1 Å². The molecule has 2 aliphatic heterocycles. The largest absolute Gasteiger partial charge is 0.391 e. The lowest BCUT2D eigenvalue weighted by Crippen LogP contribution is -2.54. The second-order valence-corrected chi connectivity index (χ2v) is 10.7. The van der Waals surface area contributed by atoms with E-state index in [0.717, 1.165) is 64.1 Å². The summed E-state index contributed by atoms with van der Waals surface area (Å²) < 4.78 is 0. The minimum absolute atomic E-state index is 0.0260. The molecule has 7 atom stereocenters. The van der Waals surface area contributed by atoms with Gasteiger partial charge in [0.05, 0.1) is 5.71 Å². The summed E-state index contributed by atoms with van der Waals surface area (Å²) in [5, 5.41) is 11.8. The number of ketones is 1. The van der Waals surface area contributed by atoms with Gasteiger partial charge >= 0.3 is 0 Å². The second kappa shape index (κ2) is 7.09. The van der Waals surface area contributed by atoms with E-state index in [9.17, 15) is 4.79 Å². The molecule has 1 unspecified atom stereocenters. The summed E-state index contributed by atoms with van der Waals surface area (Å²) in [4.78, 5) is 18.5. The number of oxime groups is 1. The van der Waals surface area contributed by atoms with E-state index in [2.05, 4.69) is 29.6 Å². The third-order valence-electron chi connectivity index (χ3n) is 9.40. The molecule has 5 heteroatoms. The molecule has 2 saturated heterocycles. The summed E-state index contributed by atoms with van der Waals surface area (Å²) in [6, 6.07) is 0.502. The maximum Gasteiger partial charge on any atom is 0.141 e. The van der Waals surface area contributed by atoms with Gasteiger partial charge < -0.3 is 15.5 Å². The summed E-state index contributed by atoms with van der Waals surface area (Å²) in [5.41, 5.74) is 1.54. The van der Waals surface area contributed by atoms with Crippen molar-refractivity contribution in [1.82, 2.24) is 10.6 Å². The van der Waals surface area contributed by atoms with Gasteiger partial charge in [-0.25, -0.2) is 0 Å². The van der Waals surface area contributed by atoms with E-state index >= 15 is 0 Å². The zero-order valence-corrected chi connectivity index (χ0v) is 17.6. The molecule has 0 radical (unpaired) electrons. The lowest BCUT2D eigenvalue weighted by Gasteiger charge is -2.54. The molecule has 2 N–H and O–H groups in total. The summed E-state index contributed by atoms with van der Waals surface area (Å²) in [5.74, 6) is 2.63. The summed E-state index contributed by atoms with van der Waals surface area (Å²) >= 11 is 0. The van der Waals surface area contributed by atoms with Crippen molar-refractivity contribution < 1.29 is 9.63 Å². The molecule has 5 nitrogen and oxygen atoms in total. The minimum Gasteiger partial charge on any atom is -0.391 e. The van der Waals surface area contributed by atoms with E-state index in [4.69, 9.17) is 4.84 Å². The zero-order valence-electron chi connectivity index (χ0n) is 17.6. The molecule has 2 heterocycles. The molecule has 5 fully saturated rings. The quantitative estimate of drug-likeness (QED) is 0.714. The molecule has 3 saturated carbocycles. The first kappa shape index (κ1) is 19.0. The number of hydrogen-bond acceptors (Lipinski definition) is 5. The highest BCUT2D eigenvalue weighted by Gasteiger charge is 2.59. The van der Waals surface area contributed by atoms with Gasteiger partial charge in [-0.05, 0) is 74.8 Å². The lowest BCUT2D eigenvalue weighted by molar-refractivity contribution is -0.131. The SMILES string of the molecule is C[C@]12CC/C(=N/O[C@@H]3CCNC3)CC1NCC[C@@H]1[C@@H]2CC[C@]2(C)C(=O)CC[C@@H]12. The van der Waals surface area contributed by atoms with Crippen molar-refractivity contribution in [2.24, 2.45) is 33.7 Å². The van der Waals surface area contributed by atoms with Crippen LogP contribution in [0.2, 0.25) is 0 Å². The van der Waals surface area contributed by atoms with Gasteiger partial charge in [0, 0.05) is 37.3 Å². The van der Waals surface area contributed by atoms with Gasteiger partial charge in [0.25, 0.3) is 0 Å². The molecule has 0 amide bonds. The van der Waals surface area contributed by atoms with Crippen molar-refractivity contribution in [2.75, 3.05) is 19.6 Å². The van der Waals surface area contributed by atoms with Crippen molar-refractivity contribution in [3.63, 3.8) is 0 Å². The Balaban J connectivity index is 1.33. The monoisotopic (exact) mass is 387 g/mol. The van der Waals surface area contributed by atoms with Crippen molar-refractivity contribution in [1.29, 1.82) is 0 Å². The van der Waals surface area contributed by atoms with Crippen LogP contribution in [-0.2, 0) is 9.63 Å². The number of fused-ring (bicyclic) bond motifs is 5. The van der Waals surface area contributed by atoms with Crippen LogP contribution in [0.25, 0.3) is 0 Å². The summed E-state index contributed by atoms with van der Waals surface area (Å²) in [6.07, 6.45) is 10.2. The Kier molecular flexibility index (Phi) is 4.82. The second-order valence-electron chi connectivity index (χ2n) is 10.7. The first-order valence-electron chi connectivity index (χ1n) is 11.7. The fraction of sp³-hybridized carbons (Fsp3) is 0.913. The molecule has 5 aliphatic rings. The Bertz CT molecular complexity index is 658. The van der Waals surface area contributed by atoms with Gasteiger partial charge in [0.1, 0.15) is 11.9 Å². The Morgan fingerprint density at radius 1 is 1.04 bits per heavy atom.